The predicted octanol–water partition coefficient (Wildman–Crippen LogP) is 1.02. The largest absolute Gasteiger partial charge is 0.441 e. The molecule has 2 radical (unpaired) electrons. The molecule has 26 heavy (non-hydrogen) atoms. The van der Waals surface area contributed by atoms with Crippen LogP contribution < -0.4 is 4.90 Å². The van der Waals surface area contributed by atoms with Gasteiger partial charge in [-0.3, -0.25) is 13.9 Å². The number of nitrogens with zero attached hydrogens (tertiary/aromatic N) is 2. The number of fused-ring (bicyclic) bond motifs is 1. The number of aryl methyl sites for hydroxylation is 1. The van der Waals surface area contributed by atoms with E-state index in [0.29, 0.717) is 18.8 Å². The zero-order valence-corrected chi connectivity index (χ0v) is 15.2. The van der Waals surface area contributed by atoms with E-state index in [-0.39, 0.29) is 13.2 Å². The number of carbonyl (C=O) groups is 2. The van der Waals surface area contributed by atoms with Gasteiger partial charge in [0.15, 0.2) is 5.81 Å². The number of hydrogen-bond donors (Lipinski definition) is 0. The molecule has 2 heterocycles. The smallest absolute Gasteiger partial charge is 0.414 e. The van der Waals surface area contributed by atoms with Crippen LogP contribution in [0.2, 0.25) is 0 Å². The zero-order valence-electron chi connectivity index (χ0n) is 14.4. The maximum absolute atomic E-state index is 12.1. The molecule has 10 heteroatoms. The number of benzene rings is 1. The molecule has 0 spiro atoms. The molecule has 2 aliphatic rings. The molecule has 2 aliphatic heterocycles. The van der Waals surface area contributed by atoms with Gasteiger partial charge < -0.3 is 9.64 Å². The summed E-state index contributed by atoms with van der Waals surface area (Å²) in [4.78, 5) is 26.6. The van der Waals surface area contributed by atoms with E-state index in [1.165, 1.54) is 4.90 Å². The molecule has 1 fully saturated rings. The monoisotopic (exact) mass is 378 g/mol. The molecule has 1 aromatic carbocycles. The maximum atomic E-state index is 12.1. The molecule has 1 atom stereocenters. The van der Waals surface area contributed by atoms with Crippen molar-refractivity contribution in [2.24, 2.45) is 0 Å². The molecule has 8 nitrogen and oxygen atoms in total. The van der Waals surface area contributed by atoms with E-state index in [0.717, 1.165) is 30.2 Å². The van der Waals surface area contributed by atoms with Crippen molar-refractivity contribution in [3.8, 4) is 0 Å². The average molecular weight is 378 g/mol. The van der Waals surface area contributed by atoms with Gasteiger partial charge in [-0.25, -0.2) is 4.79 Å². The summed E-state index contributed by atoms with van der Waals surface area (Å²) in [6.45, 7) is 1.04. The molecule has 2 amide bonds. The summed E-state index contributed by atoms with van der Waals surface area (Å²) in [6.07, 6.45) is 1.31. The van der Waals surface area contributed by atoms with Crippen molar-refractivity contribution in [3.63, 3.8) is 0 Å². The second-order valence-corrected chi connectivity index (χ2v) is 8.07. The van der Waals surface area contributed by atoms with E-state index in [1.807, 2.05) is 12.1 Å². The molecule has 0 unspecified atom stereocenters. The van der Waals surface area contributed by atoms with E-state index in [9.17, 15) is 18.0 Å². The second kappa shape index (κ2) is 7.28. The Morgan fingerprint density at radius 3 is 2.85 bits per heavy atom. The lowest BCUT2D eigenvalue weighted by Crippen LogP contribution is -2.29. The Morgan fingerprint density at radius 1 is 1.38 bits per heavy atom. The lowest BCUT2D eigenvalue weighted by molar-refractivity contribution is 0.107. The molecule has 138 valence electrons. The summed E-state index contributed by atoms with van der Waals surface area (Å²) < 4.78 is 32.0. The average Bonchev–Trinajstić information content (AvgIpc) is 2.79. The highest BCUT2D eigenvalue weighted by atomic mass is 32.2. The normalized spacial score (nSPS) is 20.5. The molecule has 0 N–H and O–H groups in total. The van der Waals surface area contributed by atoms with Gasteiger partial charge in [-0.05, 0) is 36.1 Å². The minimum atomic E-state index is -3.59. The molecular formula is C16H19BN2O6S. The first-order valence-corrected chi connectivity index (χ1v) is 10.0. The van der Waals surface area contributed by atoms with Gasteiger partial charge >= 0.3 is 6.09 Å². The van der Waals surface area contributed by atoms with Crippen molar-refractivity contribution in [1.29, 1.82) is 0 Å². The van der Waals surface area contributed by atoms with Crippen molar-refractivity contribution in [2.75, 3.05) is 30.9 Å². The molecule has 0 saturated carbocycles. The molecule has 3 rings (SSSR count). The van der Waals surface area contributed by atoms with Crippen molar-refractivity contribution in [1.82, 2.24) is 4.90 Å². The standard InChI is InChI=1S/C16H19BN2O6S/c1-26(22,23)24-10-14-9-19(16(21)25-14)13-5-4-12-8-18(15(17)20)6-2-3-11(12)7-13/h4-5,7,14H,2-3,6,8-10H2,1H3/t14-/m1/s1. The molecule has 1 saturated heterocycles. The van der Waals surface area contributed by atoms with Crippen LogP contribution in [0.1, 0.15) is 17.5 Å². The van der Waals surface area contributed by atoms with Gasteiger partial charge in [0, 0.05) is 18.8 Å². The first kappa shape index (κ1) is 18.7. The van der Waals surface area contributed by atoms with E-state index in [1.54, 1.807) is 11.0 Å². The fraction of sp³-hybridized carbons (Fsp3) is 0.500. The van der Waals surface area contributed by atoms with Crippen LogP contribution in [0.5, 0.6) is 0 Å². The number of ether oxygens (including phenoxy) is 1. The third-order valence-corrected chi connectivity index (χ3v) is 4.95. The van der Waals surface area contributed by atoms with Gasteiger partial charge in [0.2, 0.25) is 7.85 Å². The Kier molecular flexibility index (Phi) is 5.24. The summed E-state index contributed by atoms with van der Waals surface area (Å²) in [5.74, 6) is -0.446. The third kappa shape index (κ3) is 4.36. The van der Waals surface area contributed by atoms with Gasteiger partial charge in [-0.15, -0.1) is 0 Å². The molecular weight excluding hydrogens is 359 g/mol. The van der Waals surface area contributed by atoms with E-state index < -0.39 is 28.1 Å². The summed E-state index contributed by atoms with van der Waals surface area (Å²) >= 11 is 0. The van der Waals surface area contributed by atoms with Crippen LogP contribution in [0.15, 0.2) is 18.2 Å². The Labute approximate surface area is 153 Å². The van der Waals surface area contributed by atoms with Gasteiger partial charge in [0.25, 0.3) is 10.1 Å². The lowest BCUT2D eigenvalue weighted by Gasteiger charge is -2.20. The summed E-state index contributed by atoms with van der Waals surface area (Å²) in [6, 6.07) is 5.56. The van der Waals surface area contributed by atoms with Crippen LogP contribution in [0.3, 0.4) is 0 Å². The number of amides is 2. The predicted molar refractivity (Wildman–Crippen MR) is 94.7 cm³/mol. The van der Waals surface area contributed by atoms with Gasteiger partial charge in [0.1, 0.15) is 12.7 Å². The van der Waals surface area contributed by atoms with Crippen molar-refractivity contribution >= 4 is 35.6 Å². The highest BCUT2D eigenvalue weighted by Gasteiger charge is 2.33. The number of rotatable bonds is 4. The quantitative estimate of drug-likeness (QED) is 0.574. The molecule has 0 aliphatic carbocycles. The van der Waals surface area contributed by atoms with Crippen LogP contribution in [-0.4, -0.2) is 65.1 Å². The van der Waals surface area contributed by atoms with Crippen molar-refractivity contribution in [2.45, 2.75) is 25.5 Å². The van der Waals surface area contributed by atoms with Crippen molar-refractivity contribution in [3.05, 3.63) is 29.3 Å². The van der Waals surface area contributed by atoms with Gasteiger partial charge in [-0.2, -0.15) is 8.42 Å². The van der Waals surface area contributed by atoms with Gasteiger partial charge in [0.05, 0.1) is 12.8 Å². The van der Waals surface area contributed by atoms with Crippen LogP contribution in [-0.2, 0) is 32.0 Å². The first-order valence-electron chi connectivity index (χ1n) is 8.21. The molecule has 0 bridgehead atoms. The fourth-order valence-electron chi connectivity index (χ4n) is 3.12. The number of carbonyl (C=O) groups excluding carboxylic acids is 2. The minimum Gasteiger partial charge on any atom is -0.441 e. The van der Waals surface area contributed by atoms with Crippen LogP contribution in [0.25, 0.3) is 0 Å². The SMILES string of the molecule is [B]C(=O)N1CCCc2cc(N3C[C@H](COS(C)(=O)=O)OC3=O)ccc2C1. The second-order valence-electron chi connectivity index (χ2n) is 6.42. The van der Waals surface area contributed by atoms with E-state index in [2.05, 4.69) is 0 Å². The molecule has 0 aromatic heterocycles. The molecule has 1 aromatic rings. The van der Waals surface area contributed by atoms with Crippen LogP contribution in [0, 0.1) is 0 Å². The Hall–Kier alpha value is -2.07. The van der Waals surface area contributed by atoms with Crippen molar-refractivity contribution < 1.29 is 26.9 Å². The van der Waals surface area contributed by atoms with Crippen LogP contribution in [0.4, 0.5) is 15.3 Å². The third-order valence-electron chi connectivity index (χ3n) is 4.39. The summed E-state index contributed by atoms with van der Waals surface area (Å²) in [5.41, 5.74) is 2.72. The van der Waals surface area contributed by atoms with E-state index in [4.69, 9.17) is 16.8 Å². The Balaban J connectivity index is 1.73. The summed E-state index contributed by atoms with van der Waals surface area (Å²) in [7, 11) is 1.79. The Bertz CT molecular complexity index is 828. The number of cyclic esters (lactones) is 1. The fourth-order valence-corrected chi connectivity index (χ4v) is 3.52. The highest BCUT2D eigenvalue weighted by Crippen LogP contribution is 2.27. The zero-order chi connectivity index (χ0) is 18.9. The minimum absolute atomic E-state index is 0.209. The summed E-state index contributed by atoms with van der Waals surface area (Å²) in [5, 5.41) is 0. The highest BCUT2D eigenvalue weighted by molar-refractivity contribution is 7.85. The topological polar surface area (TPSA) is 93.2 Å². The van der Waals surface area contributed by atoms with Gasteiger partial charge in [-0.1, -0.05) is 6.07 Å². The first-order chi connectivity index (χ1) is 12.2. The number of hydrogen-bond acceptors (Lipinski definition) is 6. The van der Waals surface area contributed by atoms with E-state index >= 15 is 0 Å². The lowest BCUT2D eigenvalue weighted by atomic mass is 10.0. The number of anilines is 1. The maximum Gasteiger partial charge on any atom is 0.414 e. The Morgan fingerprint density at radius 2 is 2.15 bits per heavy atom. The van der Waals surface area contributed by atoms with Crippen LogP contribution >= 0.6 is 0 Å².